The summed E-state index contributed by atoms with van der Waals surface area (Å²) in [6.45, 7) is 0.553. The van der Waals surface area contributed by atoms with Crippen molar-refractivity contribution in [2.24, 2.45) is 0 Å². The second-order valence-electron chi connectivity index (χ2n) is 3.99. The highest BCUT2D eigenvalue weighted by Gasteiger charge is 2.06. The normalized spacial score (nSPS) is 11.9. The number of aliphatic hydroxyl groups excluding tert-OH is 1. The van der Waals surface area contributed by atoms with Crippen LogP contribution in [0.4, 0.5) is 0 Å². The summed E-state index contributed by atoms with van der Waals surface area (Å²) in [6, 6.07) is 6.83. The van der Waals surface area contributed by atoms with E-state index in [-0.39, 0.29) is 19.1 Å². The Kier molecular flexibility index (Phi) is 7.25. The second kappa shape index (κ2) is 8.74. The lowest BCUT2D eigenvalue weighted by molar-refractivity contribution is -0.123. The Morgan fingerprint density at radius 1 is 1.53 bits per heavy atom. The molecule has 5 nitrogen and oxygen atoms in total. The third kappa shape index (κ3) is 7.00. The van der Waals surface area contributed by atoms with E-state index in [0.29, 0.717) is 23.7 Å². The van der Waals surface area contributed by atoms with Crippen molar-refractivity contribution < 1.29 is 19.4 Å². The quantitative estimate of drug-likeness (QED) is 0.755. The van der Waals surface area contributed by atoms with E-state index in [4.69, 9.17) is 21.1 Å². The van der Waals surface area contributed by atoms with Gasteiger partial charge in [0.25, 0.3) is 5.91 Å². The zero-order valence-electron chi connectivity index (χ0n) is 10.8. The van der Waals surface area contributed by atoms with E-state index in [2.05, 4.69) is 5.32 Å². The van der Waals surface area contributed by atoms with Gasteiger partial charge in [0.05, 0.1) is 12.7 Å². The Morgan fingerprint density at radius 3 is 3.00 bits per heavy atom. The average Bonchev–Trinajstić information content (AvgIpc) is 2.37. The zero-order valence-corrected chi connectivity index (χ0v) is 11.5. The van der Waals surface area contributed by atoms with E-state index in [1.54, 1.807) is 24.3 Å². The lowest BCUT2D eigenvalue weighted by Crippen LogP contribution is -2.32. The summed E-state index contributed by atoms with van der Waals surface area (Å²) in [7, 11) is 1.51. The zero-order chi connectivity index (χ0) is 14.1. The Bertz CT molecular complexity index is 400. The first-order valence-electron chi connectivity index (χ1n) is 5.94. The van der Waals surface area contributed by atoms with Crippen LogP contribution in [-0.4, -0.2) is 44.0 Å². The lowest BCUT2D eigenvalue weighted by Gasteiger charge is -2.10. The van der Waals surface area contributed by atoms with E-state index in [1.165, 1.54) is 7.11 Å². The molecule has 0 fully saturated rings. The van der Waals surface area contributed by atoms with Gasteiger partial charge >= 0.3 is 0 Å². The molecule has 0 saturated heterocycles. The van der Waals surface area contributed by atoms with Gasteiger partial charge in [0, 0.05) is 18.7 Å². The number of hydrogen-bond acceptors (Lipinski definition) is 4. The van der Waals surface area contributed by atoms with Crippen molar-refractivity contribution in [2.75, 3.05) is 26.9 Å². The smallest absolute Gasteiger partial charge is 0.257 e. The molecular weight excluding hydrogens is 270 g/mol. The minimum atomic E-state index is -0.570. The molecule has 0 aliphatic heterocycles. The van der Waals surface area contributed by atoms with Crippen molar-refractivity contribution in [1.82, 2.24) is 5.32 Å². The SMILES string of the molecule is COCC(O)CCNC(=O)COc1cccc(Cl)c1. The molecule has 6 heteroatoms. The maximum Gasteiger partial charge on any atom is 0.257 e. The Balaban J connectivity index is 2.18. The molecule has 0 spiro atoms. The first-order chi connectivity index (χ1) is 9.11. The van der Waals surface area contributed by atoms with Crippen LogP contribution in [0.25, 0.3) is 0 Å². The predicted octanol–water partition coefficient (Wildman–Crippen LogP) is 1.23. The highest BCUT2D eigenvalue weighted by Crippen LogP contribution is 2.16. The number of carbonyl (C=O) groups is 1. The molecule has 106 valence electrons. The number of benzene rings is 1. The summed E-state index contributed by atoms with van der Waals surface area (Å²) in [5, 5.41) is 12.6. The molecule has 0 aliphatic rings. The van der Waals surface area contributed by atoms with E-state index >= 15 is 0 Å². The maximum absolute atomic E-state index is 11.5. The van der Waals surface area contributed by atoms with Crippen molar-refractivity contribution in [1.29, 1.82) is 0 Å². The minimum absolute atomic E-state index is 0.0826. The van der Waals surface area contributed by atoms with Crippen molar-refractivity contribution in [2.45, 2.75) is 12.5 Å². The number of carbonyl (C=O) groups excluding carboxylic acids is 1. The van der Waals surface area contributed by atoms with Crippen LogP contribution < -0.4 is 10.1 Å². The van der Waals surface area contributed by atoms with Crippen molar-refractivity contribution >= 4 is 17.5 Å². The molecule has 1 atom stereocenters. The van der Waals surface area contributed by atoms with Gasteiger partial charge in [-0.1, -0.05) is 17.7 Å². The van der Waals surface area contributed by atoms with Crippen LogP contribution in [0.3, 0.4) is 0 Å². The molecule has 1 aromatic carbocycles. The van der Waals surface area contributed by atoms with Gasteiger partial charge in [-0.3, -0.25) is 4.79 Å². The number of amides is 1. The molecule has 0 radical (unpaired) electrons. The number of methoxy groups -OCH3 is 1. The third-order valence-corrected chi connectivity index (χ3v) is 2.56. The number of halogens is 1. The summed E-state index contributed by atoms with van der Waals surface area (Å²) < 4.78 is 10.0. The second-order valence-corrected chi connectivity index (χ2v) is 4.43. The Hall–Kier alpha value is -1.30. The molecule has 1 aromatic rings. The summed E-state index contributed by atoms with van der Waals surface area (Å²) in [6.07, 6.45) is -0.129. The molecule has 2 N–H and O–H groups in total. The van der Waals surface area contributed by atoms with Gasteiger partial charge in [0.1, 0.15) is 5.75 Å². The van der Waals surface area contributed by atoms with Crippen LogP contribution in [0.1, 0.15) is 6.42 Å². The number of aliphatic hydroxyl groups is 1. The molecule has 1 amide bonds. The molecule has 1 rings (SSSR count). The number of ether oxygens (including phenoxy) is 2. The maximum atomic E-state index is 11.5. The van der Waals surface area contributed by atoms with Gasteiger partial charge in [-0.2, -0.15) is 0 Å². The Labute approximate surface area is 117 Å². The van der Waals surface area contributed by atoms with Gasteiger partial charge in [0.15, 0.2) is 6.61 Å². The average molecular weight is 288 g/mol. The molecule has 19 heavy (non-hydrogen) atoms. The number of hydrogen-bond donors (Lipinski definition) is 2. The minimum Gasteiger partial charge on any atom is -0.484 e. The van der Waals surface area contributed by atoms with Gasteiger partial charge in [-0.05, 0) is 24.6 Å². The third-order valence-electron chi connectivity index (χ3n) is 2.32. The predicted molar refractivity (Wildman–Crippen MR) is 72.5 cm³/mol. The fourth-order valence-corrected chi connectivity index (χ4v) is 1.59. The molecule has 0 heterocycles. The van der Waals surface area contributed by atoms with Crippen LogP contribution >= 0.6 is 11.6 Å². The number of nitrogens with one attached hydrogen (secondary N) is 1. The van der Waals surface area contributed by atoms with Gasteiger partial charge in [-0.15, -0.1) is 0 Å². The highest BCUT2D eigenvalue weighted by molar-refractivity contribution is 6.30. The summed E-state index contributed by atoms with van der Waals surface area (Å²) in [5.74, 6) is 0.298. The van der Waals surface area contributed by atoms with E-state index in [1.807, 2.05) is 0 Å². The monoisotopic (exact) mass is 287 g/mol. The van der Waals surface area contributed by atoms with Gasteiger partial charge in [0.2, 0.25) is 0 Å². The van der Waals surface area contributed by atoms with E-state index in [9.17, 15) is 9.90 Å². The molecule has 0 bridgehead atoms. The summed E-state index contributed by atoms with van der Waals surface area (Å²) in [4.78, 5) is 11.5. The van der Waals surface area contributed by atoms with E-state index < -0.39 is 6.10 Å². The lowest BCUT2D eigenvalue weighted by atomic mass is 10.2. The van der Waals surface area contributed by atoms with E-state index in [0.717, 1.165) is 0 Å². The van der Waals surface area contributed by atoms with Gasteiger partial charge in [-0.25, -0.2) is 0 Å². The first-order valence-corrected chi connectivity index (χ1v) is 6.31. The molecule has 0 aromatic heterocycles. The fourth-order valence-electron chi connectivity index (χ4n) is 1.41. The fraction of sp³-hybridized carbons (Fsp3) is 0.462. The van der Waals surface area contributed by atoms with Gasteiger partial charge < -0.3 is 19.9 Å². The van der Waals surface area contributed by atoms with Crippen molar-refractivity contribution in [3.05, 3.63) is 29.3 Å². The van der Waals surface area contributed by atoms with Crippen molar-refractivity contribution in [3.8, 4) is 5.75 Å². The molecular formula is C13H18ClNO4. The molecule has 0 aliphatic carbocycles. The Morgan fingerprint density at radius 2 is 2.32 bits per heavy atom. The highest BCUT2D eigenvalue weighted by atomic mass is 35.5. The summed E-state index contributed by atoms with van der Waals surface area (Å²) >= 11 is 5.79. The largest absolute Gasteiger partial charge is 0.484 e. The van der Waals surface area contributed by atoms with Crippen LogP contribution in [0, 0.1) is 0 Å². The standard InChI is InChI=1S/C13H18ClNO4/c1-18-8-11(16)5-6-15-13(17)9-19-12-4-2-3-10(14)7-12/h2-4,7,11,16H,5-6,8-9H2,1H3,(H,15,17). The topological polar surface area (TPSA) is 67.8 Å². The molecule has 1 unspecified atom stereocenters. The van der Waals surface area contributed by atoms with Crippen LogP contribution in [-0.2, 0) is 9.53 Å². The van der Waals surface area contributed by atoms with Crippen molar-refractivity contribution in [3.63, 3.8) is 0 Å². The summed E-state index contributed by atoms with van der Waals surface area (Å²) in [5.41, 5.74) is 0. The molecule has 0 saturated carbocycles. The van der Waals surface area contributed by atoms with Crippen LogP contribution in [0.2, 0.25) is 5.02 Å². The van der Waals surface area contributed by atoms with Crippen LogP contribution in [0.15, 0.2) is 24.3 Å². The van der Waals surface area contributed by atoms with Crippen LogP contribution in [0.5, 0.6) is 5.75 Å². The first kappa shape index (κ1) is 15.8. The number of rotatable bonds is 8.